The van der Waals surface area contributed by atoms with E-state index in [0.29, 0.717) is 18.5 Å². The minimum atomic E-state index is -3.55. The third-order valence-corrected chi connectivity index (χ3v) is 5.99. The topological polar surface area (TPSA) is 122 Å². The molecule has 2 fully saturated rings. The molecule has 1 aromatic carbocycles. The predicted molar refractivity (Wildman–Crippen MR) is 83.8 cm³/mol. The number of benzene rings is 1. The number of ether oxygens (including phenoxy) is 1. The number of carbonyl (C=O) groups excluding carboxylic acids is 1. The van der Waals surface area contributed by atoms with Gasteiger partial charge in [0.25, 0.3) is 0 Å². The number of carbonyl (C=O) groups is 2. The quantitative estimate of drug-likeness (QED) is 0.704. The summed E-state index contributed by atoms with van der Waals surface area (Å²) in [5, 5.41) is 12.0. The van der Waals surface area contributed by atoms with Crippen molar-refractivity contribution in [1.29, 1.82) is 0 Å². The zero-order valence-corrected chi connectivity index (χ0v) is 13.7. The van der Waals surface area contributed by atoms with Crippen LogP contribution < -0.4 is 10.0 Å². The molecular formula is C15H18N2O6S. The van der Waals surface area contributed by atoms with E-state index in [0.717, 1.165) is 0 Å². The highest BCUT2D eigenvalue weighted by Crippen LogP contribution is 2.44. The summed E-state index contributed by atoms with van der Waals surface area (Å²) in [5.74, 6) is -3.02. The van der Waals surface area contributed by atoms with Crippen LogP contribution in [0.25, 0.3) is 0 Å². The Morgan fingerprint density at radius 3 is 2.25 bits per heavy atom. The maximum atomic E-state index is 12.5. The highest BCUT2D eigenvalue weighted by atomic mass is 32.2. The molecule has 3 rings (SSSR count). The first-order valence-corrected chi connectivity index (χ1v) is 9.04. The monoisotopic (exact) mass is 354 g/mol. The van der Waals surface area contributed by atoms with E-state index in [1.54, 1.807) is 0 Å². The Kier molecular flexibility index (Phi) is 4.33. The molecule has 2 aliphatic heterocycles. The average Bonchev–Trinajstić information content (AvgIpc) is 3.16. The second-order valence-corrected chi connectivity index (χ2v) is 7.79. The Hall–Kier alpha value is -1.97. The van der Waals surface area contributed by atoms with Gasteiger partial charge in [-0.1, -0.05) is 0 Å². The van der Waals surface area contributed by atoms with Crippen molar-refractivity contribution in [2.45, 2.75) is 29.9 Å². The number of carboxylic acids is 1. The van der Waals surface area contributed by atoms with Gasteiger partial charge in [0, 0.05) is 5.69 Å². The van der Waals surface area contributed by atoms with E-state index in [9.17, 15) is 23.1 Å². The number of anilines is 1. The smallest absolute Gasteiger partial charge is 0.310 e. The van der Waals surface area contributed by atoms with Crippen LogP contribution >= 0.6 is 0 Å². The zero-order valence-electron chi connectivity index (χ0n) is 12.9. The number of rotatable bonds is 5. The number of hydrogen-bond acceptors (Lipinski definition) is 5. The fraction of sp³-hybridized carbons (Fsp3) is 0.467. The van der Waals surface area contributed by atoms with Gasteiger partial charge in [0.2, 0.25) is 15.9 Å². The van der Waals surface area contributed by atoms with E-state index in [1.165, 1.54) is 31.3 Å². The van der Waals surface area contributed by atoms with Crippen LogP contribution in [0, 0.1) is 11.8 Å². The average molecular weight is 354 g/mol. The van der Waals surface area contributed by atoms with Crippen LogP contribution in [0.5, 0.6) is 0 Å². The van der Waals surface area contributed by atoms with Crippen LogP contribution in [0.4, 0.5) is 5.69 Å². The van der Waals surface area contributed by atoms with Crippen molar-refractivity contribution in [2.75, 3.05) is 12.4 Å². The fourth-order valence-electron chi connectivity index (χ4n) is 3.39. The van der Waals surface area contributed by atoms with Gasteiger partial charge in [-0.15, -0.1) is 0 Å². The second kappa shape index (κ2) is 6.15. The van der Waals surface area contributed by atoms with Crippen molar-refractivity contribution in [3.05, 3.63) is 24.3 Å². The lowest BCUT2D eigenvalue weighted by Crippen LogP contribution is -2.40. The number of hydrogen-bond donors (Lipinski definition) is 3. The molecule has 8 nitrogen and oxygen atoms in total. The number of carboxylic acid groups (broad SMARTS) is 1. The number of sulfonamides is 1. The molecule has 0 spiro atoms. The van der Waals surface area contributed by atoms with Gasteiger partial charge in [0.1, 0.15) is 0 Å². The SMILES string of the molecule is CNS(=O)(=O)c1ccc(NC(=O)C2C3CCC(O3)C2C(=O)O)cc1. The summed E-state index contributed by atoms with van der Waals surface area (Å²) >= 11 is 0. The van der Waals surface area contributed by atoms with Crippen molar-refractivity contribution in [3.8, 4) is 0 Å². The fourth-order valence-corrected chi connectivity index (χ4v) is 4.12. The molecule has 130 valence electrons. The van der Waals surface area contributed by atoms with E-state index in [-0.39, 0.29) is 11.0 Å². The van der Waals surface area contributed by atoms with Crippen molar-refractivity contribution in [3.63, 3.8) is 0 Å². The first-order chi connectivity index (χ1) is 11.3. The largest absolute Gasteiger partial charge is 0.481 e. The summed E-state index contributed by atoms with van der Waals surface area (Å²) in [6, 6.07) is 5.67. The lowest BCUT2D eigenvalue weighted by atomic mass is 9.78. The number of aliphatic carboxylic acids is 1. The Bertz CT molecular complexity index is 761. The Morgan fingerprint density at radius 1 is 1.12 bits per heavy atom. The minimum Gasteiger partial charge on any atom is -0.481 e. The second-order valence-electron chi connectivity index (χ2n) is 5.90. The van der Waals surface area contributed by atoms with Crippen LogP contribution in [0.3, 0.4) is 0 Å². The summed E-state index contributed by atoms with van der Waals surface area (Å²) < 4.78 is 31.1. The van der Waals surface area contributed by atoms with Gasteiger partial charge in [-0.05, 0) is 44.2 Å². The molecule has 2 saturated heterocycles. The van der Waals surface area contributed by atoms with E-state index in [1.807, 2.05) is 0 Å². The first kappa shape index (κ1) is 16.9. The minimum absolute atomic E-state index is 0.0784. The van der Waals surface area contributed by atoms with E-state index < -0.39 is 39.8 Å². The van der Waals surface area contributed by atoms with Gasteiger partial charge in [-0.3, -0.25) is 9.59 Å². The van der Waals surface area contributed by atoms with E-state index in [4.69, 9.17) is 4.74 Å². The van der Waals surface area contributed by atoms with E-state index in [2.05, 4.69) is 10.0 Å². The Morgan fingerprint density at radius 2 is 1.71 bits per heavy atom. The normalized spacial score (nSPS) is 28.7. The highest BCUT2D eigenvalue weighted by molar-refractivity contribution is 7.89. The summed E-state index contributed by atoms with van der Waals surface area (Å²) in [5.41, 5.74) is 0.405. The van der Waals surface area contributed by atoms with Gasteiger partial charge in [0.15, 0.2) is 0 Å². The first-order valence-electron chi connectivity index (χ1n) is 7.56. The maximum Gasteiger partial charge on any atom is 0.310 e. The van der Waals surface area contributed by atoms with Gasteiger partial charge < -0.3 is 15.2 Å². The molecule has 2 bridgehead atoms. The molecule has 4 atom stereocenters. The van der Waals surface area contributed by atoms with Crippen LogP contribution in [0.15, 0.2) is 29.2 Å². The van der Waals surface area contributed by atoms with Crippen molar-refractivity contribution >= 4 is 27.6 Å². The van der Waals surface area contributed by atoms with Gasteiger partial charge in [-0.25, -0.2) is 13.1 Å². The molecule has 3 N–H and O–H groups in total. The predicted octanol–water partition coefficient (Wildman–Crippen LogP) is 0.411. The van der Waals surface area contributed by atoms with E-state index >= 15 is 0 Å². The molecule has 0 saturated carbocycles. The lowest BCUT2D eigenvalue weighted by molar-refractivity contribution is -0.147. The molecule has 2 aliphatic rings. The molecule has 0 aliphatic carbocycles. The summed E-state index contributed by atoms with van der Waals surface area (Å²) in [7, 11) is -2.23. The van der Waals surface area contributed by atoms with Gasteiger partial charge >= 0.3 is 5.97 Å². The van der Waals surface area contributed by atoms with Crippen molar-refractivity contribution in [2.24, 2.45) is 11.8 Å². The Labute approximate surface area is 139 Å². The standard InChI is InChI=1S/C15H18N2O6S/c1-16-24(21,22)9-4-2-8(3-5-9)17-14(18)12-10-6-7-11(23-10)13(12)15(19)20/h2-5,10-13,16H,6-7H2,1H3,(H,17,18)(H,19,20). The van der Waals surface area contributed by atoms with Gasteiger partial charge in [-0.2, -0.15) is 0 Å². The molecule has 4 unspecified atom stereocenters. The number of nitrogens with one attached hydrogen (secondary N) is 2. The molecule has 24 heavy (non-hydrogen) atoms. The molecular weight excluding hydrogens is 336 g/mol. The molecule has 0 aromatic heterocycles. The highest BCUT2D eigenvalue weighted by Gasteiger charge is 2.55. The van der Waals surface area contributed by atoms with Gasteiger partial charge in [0.05, 0.1) is 28.9 Å². The summed E-state index contributed by atoms with van der Waals surface area (Å²) in [6.07, 6.45) is 0.542. The van der Waals surface area contributed by atoms with Crippen LogP contribution in [-0.2, 0) is 24.3 Å². The molecule has 9 heteroatoms. The van der Waals surface area contributed by atoms with Crippen LogP contribution in [0.2, 0.25) is 0 Å². The lowest BCUT2D eigenvalue weighted by Gasteiger charge is -2.23. The summed E-state index contributed by atoms with van der Waals surface area (Å²) in [4.78, 5) is 24.0. The zero-order chi connectivity index (χ0) is 17.5. The summed E-state index contributed by atoms with van der Waals surface area (Å²) in [6.45, 7) is 0. The molecule has 1 aromatic rings. The number of fused-ring (bicyclic) bond motifs is 2. The van der Waals surface area contributed by atoms with Crippen molar-refractivity contribution in [1.82, 2.24) is 4.72 Å². The Balaban J connectivity index is 1.74. The van der Waals surface area contributed by atoms with Crippen LogP contribution in [-0.4, -0.2) is 44.7 Å². The molecule has 1 amide bonds. The third-order valence-electron chi connectivity index (χ3n) is 4.56. The maximum absolute atomic E-state index is 12.5. The van der Waals surface area contributed by atoms with Crippen LogP contribution in [0.1, 0.15) is 12.8 Å². The number of amides is 1. The molecule has 2 heterocycles. The van der Waals surface area contributed by atoms with Crippen molar-refractivity contribution < 1.29 is 27.9 Å². The molecule has 0 radical (unpaired) electrons. The third kappa shape index (κ3) is 2.90.